The molecule has 0 aromatic heterocycles. The lowest BCUT2D eigenvalue weighted by molar-refractivity contribution is -0.120. The summed E-state index contributed by atoms with van der Waals surface area (Å²) in [6, 6.07) is 12.2. The number of halogens is 1. The van der Waals surface area contributed by atoms with Crippen LogP contribution in [0.15, 0.2) is 42.5 Å². The number of hydrogen-bond acceptors (Lipinski definition) is 5. The number of aromatic hydroxyl groups is 1. The highest BCUT2D eigenvalue weighted by atomic mass is 35.5. The maximum Gasteiger partial charge on any atom is 0.241 e. The van der Waals surface area contributed by atoms with Crippen LogP contribution in [0.2, 0.25) is 5.02 Å². The lowest BCUT2D eigenvalue weighted by atomic mass is 10.2. The molecule has 0 unspecified atom stereocenters. The molecule has 0 spiro atoms. The number of carbonyl (C=O) groups excluding carboxylic acids is 1. The molecular formula is C20H24ClN3O3. The van der Waals surface area contributed by atoms with Crippen molar-refractivity contribution in [1.82, 2.24) is 4.90 Å². The molecule has 0 aliphatic carbocycles. The predicted molar refractivity (Wildman–Crippen MR) is 108 cm³/mol. The quantitative estimate of drug-likeness (QED) is 0.822. The van der Waals surface area contributed by atoms with Crippen LogP contribution in [0.25, 0.3) is 0 Å². The number of amides is 1. The lowest BCUT2D eigenvalue weighted by Crippen LogP contribution is -2.52. The summed E-state index contributed by atoms with van der Waals surface area (Å²) in [6.07, 6.45) is 0. The first-order chi connectivity index (χ1) is 13.0. The number of hydrogen-bond donors (Lipinski definition) is 2. The fraction of sp³-hybridized carbons (Fsp3) is 0.350. The first kappa shape index (κ1) is 19.3. The molecule has 6 nitrogen and oxygen atoms in total. The van der Waals surface area contributed by atoms with Gasteiger partial charge in [0.15, 0.2) is 0 Å². The standard InChI is InChI=1S/C20H24ClN3O3/c1-14(20(26)22-15-3-8-19(27-2)18(21)13-15)23-9-11-24(12-10-23)16-4-6-17(25)7-5-16/h3-8,13-14,25H,9-12H2,1-2H3,(H,22,26)/t14-/m0/s1. The smallest absolute Gasteiger partial charge is 0.241 e. The Morgan fingerprint density at radius 2 is 1.81 bits per heavy atom. The number of methoxy groups -OCH3 is 1. The van der Waals surface area contributed by atoms with Crippen molar-refractivity contribution >= 4 is 28.9 Å². The minimum atomic E-state index is -0.243. The Balaban J connectivity index is 1.55. The number of phenolic OH excluding ortho intramolecular Hbond substituents is 1. The fourth-order valence-corrected chi connectivity index (χ4v) is 3.45. The Bertz CT molecular complexity index is 790. The summed E-state index contributed by atoms with van der Waals surface area (Å²) in [5.74, 6) is 0.781. The summed E-state index contributed by atoms with van der Waals surface area (Å²) in [5, 5.41) is 12.8. The summed E-state index contributed by atoms with van der Waals surface area (Å²) in [7, 11) is 1.55. The third-order valence-electron chi connectivity index (χ3n) is 4.88. The average Bonchev–Trinajstić information content (AvgIpc) is 2.68. The van der Waals surface area contributed by atoms with Crippen LogP contribution in [0.4, 0.5) is 11.4 Å². The highest BCUT2D eigenvalue weighted by Crippen LogP contribution is 2.27. The van der Waals surface area contributed by atoms with Crippen molar-refractivity contribution in [1.29, 1.82) is 0 Å². The van der Waals surface area contributed by atoms with Gasteiger partial charge in [0.2, 0.25) is 5.91 Å². The third kappa shape index (κ3) is 4.64. The number of nitrogens with one attached hydrogen (secondary N) is 1. The molecular weight excluding hydrogens is 366 g/mol. The maximum atomic E-state index is 12.6. The number of carbonyl (C=O) groups is 1. The van der Waals surface area contributed by atoms with E-state index in [0.29, 0.717) is 16.5 Å². The molecule has 2 aromatic rings. The molecule has 1 saturated heterocycles. The zero-order valence-corrected chi connectivity index (χ0v) is 16.2. The van der Waals surface area contributed by atoms with Gasteiger partial charge in [0.25, 0.3) is 0 Å². The predicted octanol–water partition coefficient (Wildman–Crippen LogP) is 3.20. The first-order valence-corrected chi connectivity index (χ1v) is 9.28. The monoisotopic (exact) mass is 389 g/mol. The number of benzene rings is 2. The second-order valence-corrected chi connectivity index (χ2v) is 6.96. The molecule has 1 heterocycles. The molecule has 7 heteroatoms. The SMILES string of the molecule is COc1ccc(NC(=O)[C@H](C)N2CCN(c3ccc(O)cc3)CC2)cc1Cl. The van der Waals surface area contributed by atoms with Crippen molar-refractivity contribution in [3.05, 3.63) is 47.5 Å². The number of piperazine rings is 1. The van der Waals surface area contributed by atoms with E-state index in [1.165, 1.54) is 0 Å². The Hall–Kier alpha value is -2.44. The van der Waals surface area contributed by atoms with Gasteiger partial charge in [0, 0.05) is 37.6 Å². The minimum absolute atomic E-state index is 0.0608. The molecule has 1 aliphatic rings. The van der Waals surface area contributed by atoms with E-state index < -0.39 is 0 Å². The minimum Gasteiger partial charge on any atom is -0.508 e. The largest absolute Gasteiger partial charge is 0.508 e. The van der Waals surface area contributed by atoms with E-state index in [1.54, 1.807) is 37.4 Å². The van der Waals surface area contributed by atoms with Gasteiger partial charge in [-0.1, -0.05) is 11.6 Å². The fourth-order valence-electron chi connectivity index (χ4n) is 3.19. The van der Waals surface area contributed by atoms with E-state index in [4.69, 9.17) is 16.3 Å². The van der Waals surface area contributed by atoms with Gasteiger partial charge in [-0.05, 0) is 49.4 Å². The number of rotatable bonds is 5. The summed E-state index contributed by atoms with van der Waals surface area (Å²) in [5.41, 5.74) is 1.73. The Morgan fingerprint density at radius 1 is 1.15 bits per heavy atom. The lowest BCUT2D eigenvalue weighted by Gasteiger charge is -2.38. The Kier molecular flexibility index (Phi) is 6.08. The van der Waals surface area contributed by atoms with Crippen molar-refractivity contribution in [2.75, 3.05) is 43.5 Å². The highest BCUT2D eigenvalue weighted by molar-refractivity contribution is 6.32. The maximum absolute atomic E-state index is 12.6. The van der Waals surface area contributed by atoms with Crippen molar-refractivity contribution in [2.24, 2.45) is 0 Å². The van der Waals surface area contributed by atoms with Crippen LogP contribution in [0.1, 0.15) is 6.92 Å². The number of nitrogens with zero attached hydrogens (tertiary/aromatic N) is 2. The molecule has 144 valence electrons. The van der Waals surface area contributed by atoms with Gasteiger partial charge in [0.1, 0.15) is 11.5 Å². The van der Waals surface area contributed by atoms with Gasteiger partial charge in [-0.2, -0.15) is 0 Å². The summed E-state index contributed by atoms with van der Waals surface area (Å²) in [4.78, 5) is 17.0. The third-order valence-corrected chi connectivity index (χ3v) is 5.17. The molecule has 1 amide bonds. The number of anilines is 2. The number of ether oxygens (including phenoxy) is 1. The molecule has 1 fully saturated rings. The van der Waals surface area contributed by atoms with E-state index in [-0.39, 0.29) is 17.7 Å². The van der Waals surface area contributed by atoms with Crippen molar-refractivity contribution in [3.8, 4) is 11.5 Å². The van der Waals surface area contributed by atoms with E-state index >= 15 is 0 Å². The Labute approximate surface area is 164 Å². The van der Waals surface area contributed by atoms with Gasteiger partial charge in [-0.25, -0.2) is 0 Å². The molecule has 0 bridgehead atoms. The molecule has 2 aromatic carbocycles. The van der Waals surface area contributed by atoms with Gasteiger partial charge in [-0.15, -0.1) is 0 Å². The van der Waals surface area contributed by atoms with E-state index in [9.17, 15) is 9.90 Å². The zero-order valence-electron chi connectivity index (χ0n) is 15.5. The highest BCUT2D eigenvalue weighted by Gasteiger charge is 2.25. The molecule has 1 aliphatic heterocycles. The summed E-state index contributed by atoms with van der Waals surface area (Å²) in [6.45, 7) is 5.15. The van der Waals surface area contributed by atoms with Crippen molar-refractivity contribution < 1.29 is 14.6 Å². The van der Waals surface area contributed by atoms with Crippen LogP contribution in [-0.2, 0) is 4.79 Å². The van der Waals surface area contributed by atoms with Crippen LogP contribution in [0.3, 0.4) is 0 Å². The van der Waals surface area contributed by atoms with Crippen LogP contribution in [0, 0.1) is 0 Å². The topological polar surface area (TPSA) is 65.0 Å². The van der Waals surface area contributed by atoms with Crippen LogP contribution in [0.5, 0.6) is 11.5 Å². The van der Waals surface area contributed by atoms with Crippen molar-refractivity contribution in [3.63, 3.8) is 0 Å². The Morgan fingerprint density at radius 3 is 2.41 bits per heavy atom. The van der Waals surface area contributed by atoms with E-state index in [0.717, 1.165) is 31.9 Å². The van der Waals surface area contributed by atoms with Gasteiger partial charge >= 0.3 is 0 Å². The molecule has 27 heavy (non-hydrogen) atoms. The first-order valence-electron chi connectivity index (χ1n) is 8.90. The summed E-state index contributed by atoms with van der Waals surface area (Å²) < 4.78 is 5.13. The zero-order chi connectivity index (χ0) is 19.4. The van der Waals surface area contributed by atoms with Gasteiger partial charge in [0.05, 0.1) is 18.2 Å². The second-order valence-electron chi connectivity index (χ2n) is 6.55. The molecule has 0 radical (unpaired) electrons. The van der Waals surface area contributed by atoms with Gasteiger partial charge in [-0.3, -0.25) is 9.69 Å². The van der Waals surface area contributed by atoms with Crippen molar-refractivity contribution in [2.45, 2.75) is 13.0 Å². The van der Waals surface area contributed by atoms with Crippen LogP contribution >= 0.6 is 11.6 Å². The van der Waals surface area contributed by atoms with E-state index in [1.807, 2.05) is 19.1 Å². The summed E-state index contributed by atoms with van der Waals surface area (Å²) >= 11 is 6.12. The molecule has 0 saturated carbocycles. The molecule has 1 atom stereocenters. The van der Waals surface area contributed by atoms with Crippen LogP contribution < -0.4 is 15.0 Å². The van der Waals surface area contributed by atoms with Crippen LogP contribution in [-0.4, -0.2) is 55.2 Å². The normalized spacial score (nSPS) is 16.0. The second kappa shape index (κ2) is 8.50. The average molecular weight is 390 g/mol. The molecule has 3 rings (SSSR count). The van der Waals surface area contributed by atoms with Gasteiger partial charge < -0.3 is 20.1 Å². The number of phenols is 1. The van der Waals surface area contributed by atoms with E-state index in [2.05, 4.69) is 15.1 Å². The molecule has 2 N–H and O–H groups in total.